The van der Waals surface area contributed by atoms with Gasteiger partial charge in [-0.1, -0.05) is 39.8 Å². The van der Waals surface area contributed by atoms with E-state index in [4.69, 9.17) is 0 Å². The Morgan fingerprint density at radius 3 is 2.42 bits per heavy atom. The Morgan fingerprint density at radius 1 is 0.968 bits per heavy atom. The molecule has 3 unspecified atom stereocenters. The molecule has 176 valence electrons. The van der Waals surface area contributed by atoms with Crippen LogP contribution in [-0.4, -0.2) is 21.9 Å². The summed E-state index contributed by atoms with van der Waals surface area (Å²) in [7, 11) is 0. The topological polar surface area (TPSA) is 40.5 Å². The molecule has 31 heavy (non-hydrogen) atoms. The summed E-state index contributed by atoms with van der Waals surface area (Å²) in [4.78, 5) is 0. The fraction of sp³-hybridized carbons (Fsp3) is 0.931. The van der Waals surface area contributed by atoms with Crippen LogP contribution < -0.4 is 0 Å². The molecule has 0 aromatic heterocycles. The lowest BCUT2D eigenvalue weighted by atomic mass is 9.43. The van der Waals surface area contributed by atoms with E-state index in [1.54, 1.807) is 0 Å². The molecule has 2 spiro atoms. The van der Waals surface area contributed by atoms with Gasteiger partial charge in [-0.2, -0.15) is 0 Å². The van der Waals surface area contributed by atoms with Crippen LogP contribution in [0.15, 0.2) is 12.2 Å². The minimum absolute atomic E-state index is 0.0528. The van der Waals surface area contributed by atoms with Crippen LogP contribution in [-0.2, 0) is 0 Å². The van der Waals surface area contributed by atoms with E-state index in [-0.39, 0.29) is 6.10 Å². The second kappa shape index (κ2) is 6.84. The lowest BCUT2D eigenvalue weighted by Crippen LogP contribution is -2.55. The van der Waals surface area contributed by atoms with Crippen LogP contribution >= 0.6 is 0 Å². The minimum Gasteiger partial charge on any atom is -0.393 e. The van der Waals surface area contributed by atoms with Crippen molar-refractivity contribution < 1.29 is 10.2 Å². The first kappa shape index (κ1) is 22.5. The molecule has 0 aliphatic heterocycles. The van der Waals surface area contributed by atoms with Crippen molar-refractivity contribution in [3.8, 4) is 0 Å². The molecule has 5 aliphatic carbocycles. The monoisotopic (exact) mass is 428 g/mol. The van der Waals surface area contributed by atoms with Crippen LogP contribution in [0.5, 0.6) is 0 Å². The van der Waals surface area contributed by atoms with Crippen LogP contribution in [0.3, 0.4) is 0 Å². The lowest BCUT2D eigenvalue weighted by molar-refractivity contribution is -0.142. The van der Waals surface area contributed by atoms with Crippen molar-refractivity contribution in [1.82, 2.24) is 0 Å². The number of hydrogen-bond donors (Lipinski definition) is 2. The average Bonchev–Trinajstić information content (AvgIpc) is 3.27. The fourth-order valence-electron chi connectivity index (χ4n) is 10.7. The van der Waals surface area contributed by atoms with Gasteiger partial charge in [-0.3, -0.25) is 0 Å². The van der Waals surface area contributed by atoms with Crippen LogP contribution in [0.2, 0.25) is 0 Å². The number of aliphatic hydroxyl groups is 2. The van der Waals surface area contributed by atoms with E-state index in [1.165, 1.54) is 51.4 Å². The van der Waals surface area contributed by atoms with E-state index >= 15 is 0 Å². The van der Waals surface area contributed by atoms with Crippen molar-refractivity contribution in [1.29, 1.82) is 0 Å². The van der Waals surface area contributed by atoms with Gasteiger partial charge in [0.25, 0.3) is 0 Å². The minimum atomic E-state index is -0.700. The van der Waals surface area contributed by atoms with Gasteiger partial charge < -0.3 is 10.2 Å². The second-order valence-corrected chi connectivity index (χ2v) is 13.9. The van der Waals surface area contributed by atoms with Gasteiger partial charge in [0, 0.05) is 0 Å². The second-order valence-electron chi connectivity index (χ2n) is 13.9. The van der Waals surface area contributed by atoms with E-state index < -0.39 is 5.60 Å². The molecule has 2 nitrogen and oxygen atoms in total. The highest BCUT2D eigenvalue weighted by Crippen LogP contribution is 2.88. The number of allylic oxidation sites excluding steroid dienone is 1. The number of rotatable bonds is 4. The Morgan fingerprint density at radius 2 is 1.71 bits per heavy atom. The maximum absolute atomic E-state index is 10.6. The van der Waals surface area contributed by atoms with Crippen molar-refractivity contribution in [3.05, 3.63) is 12.2 Å². The van der Waals surface area contributed by atoms with Crippen LogP contribution in [0.1, 0.15) is 106 Å². The maximum Gasteiger partial charge on any atom is 0.0771 e. The third kappa shape index (κ3) is 2.89. The summed E-state index contributed by atoms with van der Waals surface area (Å²) in [5, 5.41) is 20.6. The van der Waals surface area contributed by atoms with Crippen molar-refractivity contribution in [2.24, 2.45) is 51.2 Å². The molecule has 5 rings (SSSR count). The summed E-state index contributed by atoms with van der Waals surface area (Å²) in [5.74, 6) is 3.69. The van der Waals surface area contributed by atoms with Crippen molar-refractivity contribution in [2.75, 3.05) is 0 Å². The Balaban J connectivity index is 1.38. The number of fused-ring (bicyclic) bond motifs is 2. The molecule has 2 N–H and O–H groups in total. The zero-order valence-electron chi connectivity index (χ0n) is 21.1. The van der Waals surface area contributed by atoms with Gasteiger partial charge in [0.05, 0.1) is 11.7 Å². The summed E-state index contributed by atoms with van der Waals surface area (Å²) < 4.78 is 0. The van der Waals surface area contributed by atoms with Gasteiger partial charge in [-0.05, 0) is 129 Å². The largest absolute Gasteiger partial charge is 0.393 e. The SMILES string of the molecule is CC1C(O)CC[C@]23C[C@]24CC[C@]2(C)[C@H](C(C)CC=CC(C)(C)O)CC[C@@]2(C)[C@@H]4CC[C@@H]13. The molecule has 5 fully saturated rings. The quantitative estimate of drug-likeness (QED) is 0.486. The van der Waals surface area contributed by atoms with Crippen molar-refractivity contribution in [3.63, 3.8) is 0 Å². The van der Waals surface area contributed by atoms with Gasteiger partial charge in [-0.15, -0.1) is 0 Å². The highest BCUT2D eigenvalue weighted by Gasteiger charge is 2.81. The molecule has 0 heterocycles. The average molecular weight is 429 g/mol. The van der Waals surface area contributed by atoms with Gasteiger partial charge in [-0.25, -0.2) is 0 Å². The first-order valence-electron chi connectivity index (χ1n) is 13.5. The Bertz CT molecular complexity index is 750. The van der Waals surface area contributed by atoms with Crippen LogP contribution in [0.25, 0.3) is 0 Å². The molecule has 0 saturated heterocycles. The van der Waals surface area contributed by atoms with Gasteiger partial charge >= 0.3 is 0 Å². The summed E-state index contributed by atoms with van der Waals surface area (Å²) in [6.45, 7) is 13.9. The van der Waals surface area contributed by atoms with E-state index in [2.05, 4.69) is 33.8 Å². The zero-order valence-corrected chi connectivity index (χ0v) is 21.1. The first-order chi connectivity index (χ1) is 14.4. The molecule has 5 saturated carbocycles. The molecule has 5 aliphatic rings. The summed E-state index contributed by atoms with van der Waals surface area (Å²) in [6, 6.07) is 0. The predicted octanol–water partition coefficient (Wildman–Crippen LogP) is 6.75. The molecular formula is C29H48O2. The Hall–Kier alpha value is -0.340. The highest BCUT2D eigenvalue weighted by molar-refractivity contribution is 5.29. The number of aliphatic hydroxyl groups excluding tert-OH is 1. The summed E-state index contributed by atoms with van der Waals surface area (Å²) >= 11 is 0. The third-order valence-corrected chi connectivity index (χ3v) is 12.4. The van der Waals surface area contributed by atoms with E-state index in [0.717, 1.165) is 30.6 Å². The molecule has 0 aromatic rings. The summed E-state index contributed by atoms with van der Waals surface area (Å²) in [5.41, 5.74) is 1.43. The predicted molar refractivity (Wildman–Crippen MR) is 127 cm³/mol. The van der Waals surface area contributed by atoms with Gasteiger partial charge in [0.1, 0.15) is 0 Å². The summed E-state index contributed by atoms with van der Waals surface area (Å²) in [6.07, 6.45) is 17.5. The normalized spacial score (nSPS) is 54.6. The molecular weight excluding hydrogens is 380 g/mol. The first-order valence-corrected chi connectivity index (χ1v) is 13.5. The zero-order chi connectivity index (χ0) is 22.4. The van der Waals surface area contributed by atoms with Gasteiger partial charge in [0.2, 0.25) is 0 Å². The standard InChI is InChI=1S/C29H48O2/c1-19(8-7-13-25(3,4)31)21-11-14-27(6)24-10-9-22-20(2)23(30)12-15-28(22)18-29(24,28)17-16-26(21,27)5/h7,13,19-24,30-31H,8-12,14-18H2,1-6H3/t19?,20?,21-,22-,23?,24-,26+,27-,28+,29-/m0/s1. The maximum atomic E-state index is 10.6. The Labute approximate surface area is 191 Å². The van der Waals surface area contributed by atoms with Gasteiger partial charge in [0.15, 0.2) is 0 Å². The Kier molecular flexibility index (Phi) is 4.96. The van der Waals surface area contributed by atoms with Crippen LogP contribution in [0, 0.1) is 51.2 Å². The van der Waals surface area contributed by atoms with Crippen molar-refractivity contribution in [2.45, 2.75) is 117 Å². The van der Waals surface area contributed by atoms with E-state index in [0.29, 0.717) is 33.5 Å². The van der Waals surface area contributed by atoms with E-state index in [9.17, 15) is 10.2 Å². The molecule has 10 atom stereocenters. The molecule has 2 heteroatoms. The van der Waals surface area contributed by atoms with Crippen molar-refractivity contribution >= 4 is 0 Å². The third-order valence-electron chi connectivity index (χ3n) is 12.4. The molecule has 0 aromatic carbocycles. The lowest BCUT2D eigenvalue weighted by Gasteiger charge is -2.62. The van der Waals surface area contributed by atoms with E-state index in [1.807, 2.05) is 19.9 Å². The fourth-order valence-corrected chi connectivity index (χ4v) is 10.7. The molecule has 0 bridgehead atoms. The smallest absolute Gasteiger partial charge is 0.0771 e. The highest BCUT2D eigenvalue weighted by atomic mass is 16.3. The van der Waals surface area contributed by atoms with Crippen LogP contribution in [0.4, 0.5) is 0 Å². The molecule has 0 amide bonds. The molecule has 0 radical (unpaired) electrons. The number of hydrogen-bond acceptors (Lipinski definition) is 2.